The molecule has 84 valence electrons. The van der Waals surface area contributed by atoms with Crippen LogP contribution in [-0.2, 0) is 12.8 Å². The summed E-state index contributed by atoms with van der Waals surface area (Å²) in [7, 11) is 1.93. The molecular weight excluding hydrogens is 190 g/mol. The quantitative estimate of drug-likeness (QED) is 0.799. The fourth-order valence-electron chi connectivity index (χ4n) is 2.17. The van der Waals surface area contributed by atoms with Crippen LogP contribution in [0.25, 0.3) is 0 Å². The van der Waals surface area contributed by atoms with Crippen LogP contribution in [0.4, 0.5) is 0 Å². The lowest BCUT2D eigenvalue weighted by atomic mass is 10.0. The summed E-state index contributed by atoms with van der Waals surface area (Å²) in [5, 5.41) is 11.2. The van der Waals surface area contributed by atoms with Crippen molar-refractivity contribution >= 4 is 0 Å². The molecule has 1 aliphatic carbocycles. The number of hydrogen-bond acceptors (Lipinski definition) is 4. The molecule has 2 rings (SSSR count). The average Bonchev–Trinajstić information content (AvgIpc) is 2.87. The predicted molar refractivity (Wildman–Crippen MR) is 57.6 cm³/mol. The minimum Gasteiger partial charge on any atom is -0.425 e. The van der Waals surface area contributed by atoms with E-state index in [4.69, 9.17) is 4.42 Å². The van der Waals surface area contributed by atoms with Crippen molar-refractivity contribution in [3.63, 3.8) is 0 Å². The molecule has 1 N–H and O–H groups in total. The van der Waals surface area contributed by atoms with E-state index >= 15 is 0 Å². The van der Waals surface area contributed by atoms with Crippen molar-refractivity contribution in [2.75, 3.05) is 13.6 Å². The minimum absolute atomic E-state index is 0.761. The Morgan fingerprint density at radius 3 is 2.73 bits per heavy atom. The second kappa shape index (κ2) is 5.26. The van der Waals surface area contributed by atoms with Gasteiger partial charge in [0.2, 0.25) is 11.8 Å². The minimum atomic E-state index is 0.761. The van der Waals surface area contributed by atoms with Gasteiger partial charge < -0.3 is 9.73 Å². The van der Waals surface area contributed by atoms with Crippen LogP contribution in [0, 0.1) is 5.92 Å². The van der Waals surface area contributed by atoms with Gasteiger partial charge in [0.15, 0.2) is 0 Å². The van der Waals surface area contributed by atoms with Crippen LogP contribution in [0.15, 0.2) is 4.42 Å². The topological polar surface area (TPSA) is 51.0 Å². The van der Waals surface area contributed by atoms with E-state index in [-0.39, 0.29) is 0 Å². The molecule has 0 amide bonds. The van der Waals surface area contributed by atoms with E-state index in [1.807, 2.05) is 7.05 Å². The van der Waals surface area contributed by atoms with Crippen molar-refractivity contribution in [1.29, 1.82) is 0 Å². The normalized spacial score (nSPS) is 17.4. The van der Waals surface area contributed by atoms with Gasteiger partial charge in [0.1, 0.15) is 0 Å². The monoisotopic (exact) mass is 209 g/mol. The third-order valence-corrected chi connectivity index (χ3v) is 3.04. The smallest absolute Gasteiger partial charge is 0.217 e. The first-order valence-electron chi connectivity index (χ1n) is 5.84. The Morgan fingerprint density at radius 1 is 1.27 bits per heavy atom. The molecule has 1 aromatic rings. The van der Waals surface area contributed by atoms with E-state index in [0.29, 0.717) is 0 Å². The van der Waals surface area contributed by atoms with Gasteiger partial charge in [-0.3, -0.25) is 0 Å². The van der Waals surface area contributed by atoms with E-state index < -0.39 is 0 Å². The third-order valence-electron chi connectivity index (χ3n) is 3.04. The Morgan fingerprint density at radius 2 is 2.00 bits per heavy atom. The van der Waals surface area contributed by atoms with Crippen LogP contribution in [0.2, 0.25) is 0 Å². The molecule has 4 nitrogen and oxygen atoms in total. The van der Waals surface area contributed by atoms with E-state index in [0.717, 1.165) is 37.1 Å². The van der Waals surface area contributed by atoms with Gasteiger partial charge in [-0.05, 0) is 25.8 Å². The van der Waals surface area contributed by atoms with Crippen molar-refractivity contribution in [1.82, 2.24) is 15.5 Å². The molecule has 1 aromatic heterocycles. The highest BCUT2D eigenvalue weighted by Gasteiger charge is 2.18. The molecule has 4 heteroatoms. The maximum atomic E-state index is 5.59. The zero-order valence-electron chi connectivity index (χ0n) is 9.33. The second-order valence-corrected chi connectivity index (χ2v) is 4.30. The Labute approximate surface area is 90.5 Å². The first kappa shape index (κ1) is 10.6. The molecule has 15 heavy (non-hydrogen) atoms. The number of hydrogen-bond donors (Lipinski definition) is 1. The van der Waals surface area contributed by atoms with Crippen molar-refractivity contribution in [3.05, 3.63) is 11.8 Å². The summed E-state index contributed by atoms with van der Waals surface area (Å²) in [5.74, 6) is 2.37. The van der Waals surface area contributed by atoms with Crippen LogP contribution < -0.4 is 5.32 Å². The molecule has 0 radical (unpaired) electrons. The van der Waals surface area contributed by atoms with Crippen molar-refractivity contribution in [3.8, 4) is 0 Å². The fraction of sp³-hybridized carbons (Fsp3) is 0.818. The highest BCUT2D eigenvalue weighted by atomic mass is 16.4. The van der Waals surface area contributed by atoms with Crippen LogP contribution in [0.3, 0.4) is 0 Å². The fourth-order valence-corrected chi connectivity index (χ4v) is 2.17. The Kier molecular flexibility index (Phi) is 3.72. The largest absolute Gasteiger partial charge is 0.425 e. The van der Waals surface area contributed by atoms with Gasteiger partial charge in [-0.1, -0.05) is 12.8 Å². The van der Waals surface area contributed by atoms with Crippen molar-refractivity contribution in [2.45, 2.75) is 38.5 Å². The Balaban J connectivity index is 1.83. The summed E-state index contributed by atoms with van der Waals surface area (Å²) >= 11 is 0. The molecule has 0 saturated heterocycles. The van der Waals surface area contributed by atoms with E-state index in [2.05, 4.69) is 15.5 Å². The summed E-state index contributed by atoms with van der Waals surface area (Å²) in [6, 6.07) is 0. The molecule has 0 aromatic carbocycles. The Hall–Kier alpha value is -0.900. The lowest BCUT2D eigenvalue weighted by Crippen LogP contribution is -2.10. The Bertz CT molecular complexity index is 292. The maximum absolute atomic E-state index is 5.59. The van der Waals surface area contributed by atoms with Gasteiger partial charge in [0.25, 0.3) is 0 Å². The zero-order chi connectivity index (χ0) is 10.5. The lowest BCUT2D eigenvalue weighted by Gasteiger charge is -2.03. The summed E-state index contributed by atoms with van der Waals surface area (Å²) < 4.78 is 5.59. The summed E-state index contributed by atoms with van der Waals surface area (Å²) in [4.78, 5) is 0. The number of rotatable bonds is 5. The first-order valence-corrected chi connectivity index (χ1v) is 5.84. The molecule has 0 unspecified atom stereocenters. The SMILES string of the molecule is CNCCc1nnc(CC2CCCC2)o1. The van der Waals surface area contributed by atoms with Crippen LogP contribution in [0.1, 0.15) is 37.5 Å². The van der Waals surface area contributed by atoms with Gasteiger partial charge >= 0.3 is 0 Å². The van der Waals surface area contributed by atoms with E-state index in [9.17, 15) is 0 Å². The second-order valence-electron chi connectivity index (χ2n) is 4.30. The molecule has 0 aliphatic heterocycles. The van der Waals surface area contributed by atoms with Gasteiger partial charge in [-0.2, -0.15) is 0 Å². The molecule has 1 heterocycles. The highest BCUT2D eigenvalue weighted by Crippen LogP contribution is 2.27. The lowest BCUT2D eigenvalue weighted by molar-refractivity contribution is 0.406. The summed E-state index contributed by atoms with van der Waals surface area (Å²) in [6.45, 7) is 0.894. The molecule has 0 spiro atoms. The van der Waals surface area contributed by atoms with Crippen molar-refractivity contribution < 1.29 is 4.42 Å². The van der Waals surface area contributed by atoms with Crippen LogP contribution >= 0.6 is 0 Å². The molecule has 0 bridgehead atoms. The van der Waals surface area contributed by atoms with Gasteiger partial charge in [0, 0.05) is 19.4 Å². The molecule has 1 aliphatic rings. The van der Waals surface area contributed by atoms with E-state index in [1.54, 1.807) is 0 Å². The molecular formula is C11H19N3O. The molecule has 0 atom stereocenters. The molecule has 1 saturated carbocycles. The summed E-state index contributed by atoms with van der Waals surface area (Å²) in [5.41, 5.74) is 0. The van der Waals surface area contributed by atoms with E-state index in [1.165, 1.54) is 25.7 Å². The molecule has 1 fully saturated rings. The van der Waals surface area contributed by atoms with Crippen LogP contribution in [0.5, 0.6) is 0 Å². The number of likely N-dealkylation sites (N-methyl/N-ethyl adjacent to an activating group) is 1. The standard InChI is InChI=1S/C11H19N3O/c1-12-7-6-10-13-14-11(15-10)8-9-4-2-3-5-9/h9,12H,2-8H2,1H3. The average molecular weight is 209 g/mol. The van der Waals surface area contributed by atoms with Crippen LogP contribution in [-0.4, -0.2) is 23.8 Å². The van der Waals surface area contributed by atoms with Gasteiger partial charge in [-0.15, -0.1) is 10.2 Å². The van der Waals surface area contributed by atoms with Gasteiger partial charge in [0.05, 0.1) is 0 Å². The highest BCUT2D eigenvalue weighted by molar-refractivity contribution is 4.86. The summed E-state index contributed by atoms with van der Waals surface area (Å²) in [6.07, 6.45) is 7.19. The number of nitrogens with zero attached hydrogens (tertiary/aromatic N) is 2. The maximum Gasteiger partial charge on any atom is 0.217 e. The zero-order valence-corrected chi connectivity index (χ0v) is 9.33. The number of nitrogens with one attached hydrogen (secondary N) is 1. The van der Waals surface area contributed by atoms with Gasteiger partial charge in [-0.25, -0.2) is 0 Å². The first-order chi connectivity index (χ1) is 7.38. The third kappa shape index (κ3) is 3.02. The predicted octanol–water partition coefficient (Wildman–Crippen LogP) is 1.56. The number of aromatic nitrogens is 2. The van der Waals surface area contributed by atoms with Crippen molar-refractivity contribution in [2.24, 2.45) is 5.92 Å².